The molecule has 0 radical (unpaired) electrons. The molecule has 12 heteroatoms. The van der Waals surface area contributed by atoms with E-state index in [1.54, 1.807) is 19.9 Å². The van der Waals surface area contributed by atoms with Crippen molar-refractivity contribution >= 4 is 27.5 Å². The second-order valence-corrected chi connectivity index (χ2v) is 10.1. The number of benzene rings is 2. The molecule has 0 unspecified atom stereocenters. The van der Waals surface area contributed by atoms with Gasteiger partial charge in [-0.3, -0.25) is 18.7 Å². The number of amides is 1. The third-order valence-electron chi connectivity index (χ3n) is 6.41. The van der Waals surface area contributed by atoms with Crippen LogP contribution in [0, 0.1) is 12.7 Å². The maximum atomic E-state index is 14.3. The van der Waals surface area contributed by atoms with E-state index in [-0.39, 0.29) is 13.0 Å². The van der Waals surface area contributed by atoms with Gasteiger partial charge in [-0.15, -0.1) is 4.80 Å². The summed E-state index contributed by atoms with van der Waals surface area (Å²) >= 11 is 1.21. The van der Waals surface area contributed by atoms with Crippen molar-refractivity contribution in [1.29, 1.82) is 0 Å². The van der Waals surface area contributed by atoms with Gasteiger partial charge in [0.2, 0.25) is 5.91 Å². The normalized spacial score (nSPS) is 11.2. The molecule has 3 heterocycles. The van der Waals surface area contributed by atoms with Crippen molar-refractivity contribution < 1.29 is 13.9 Å². The molecule has 10 nitrogen and oxygen atoms in total. The average molecular weight is 563 g/mol. The number of hydrogen-bond donors (Lipinski definition) is 1. The fourth-order valence-corrected chi connectivity index (χ4v) is 5.72. The van der Waals surface area contributed by atoms with Crippen molar-refractivity contribution in [2.45, 2.75) is 40.0 Å². The number of hydrogen-bond acceptors (Lipinski definition) is 7. The Kier molecular flexibility index (Phi) is 7.87. The van der Waals surface area contributed by atoms with Crippen LogP contribution in [0.2, 0.25) is 0 Å². The first-order chi connectivity index (χ1) is 19.4. The van der Waals surface area contributed by atoms with Gasteiger partial charge in [0.05, 0.1) is 17.8 Å². The number of ether oxygens (including phenoxy) is 1. The first-order valence-electron chi connectivity index (χ1n) is 12.7. The summed E-state index contributed by atoms with van der Waals surface area (Å²) < 4.78 is 22.7. The third-order valence-corrected chi connectivity index (χ3v) is 7.69. The summed E-state index contributed by atoms with van der Waals surface area (Å²) in [5.74, 6) is -0.384. The summed E-state index contributed by atoms with van der Waals surface area (Å²) in [4.78, 5) is 41.4. The molecule has 40 heavy (non-hydrogen) atoms. The minimum absolute atomic E-state index is 0.113. The highest BCUT2D eigenvalue weighted by molar-refractivity contribution is 7.21. The Balaban J connectivity index is 1.56. The number of halogens is 1. The Morgan fingerprint density at radius 3 is 2.55 bits per heavy atom. The number of fused-ring (bicyclic) bond motifs is 1. The molecule has 5 aromatic rings. The number of carbonyl (C=O) groups excluding carboxylic acids is 1. The van der Waals surface area contributed by atoms with E-state index in [1.807, 2.05) is 30.3 Å². The molecule has 0 saturated heterocycles. The molecule has 1 amide bonds. The van der Waals surface area contributed by atoms with Crippen LogP contribution in [0.4, 0.5) is 4.39 Å². The van der Waals surface area contributed by atoms with Crippen LogP contribution in [0.15, 0.2) is 70.5 Å². The highest BCUT2D eigenvalue weighted by Crippen LogP contribution is 2.30. The molecule has 0 saturated carbocycles. The fraction of sp³-hybridized carbons (Fsp3) is 0.250. The zero-order valence-electron chi connectivity index (χ0n) is 22.0. The van der Waals surface area contributed by atoms with E-state index in [0.717, 1.165) is 10.1 Å². The number of aromatic nitrogens is 5. The first kappa shape index (κ1) is 27.0. The van der Waals surface area contributed by atoms with Gasteiger partial charge in [0.1, 0.15) is 34.5 Å². The second-order valence-electron chi connectivity index (χ2n) is 9.09. The van der Waals surface area contributed by atoms with Gasteiger partial charge in [0.15, 0.2) is 0 Å². The van der Waals surface area contributed by atoms with Crippen LogP contribution in [0.3, 0.4) is 0 Å². The van der Waals surface area contributed by atoms with Gasteiger partial charge in [-0.25, -0.2) is 9.18 Å². The molecule has 0 aliphatic carbocycles. The Morgan fingerprint density at radius 1 is 1.07 bits per heavy atom. The highest BCUT2D eigenvalue weighted by atomic mass is 32.1. The standard InChI is InChI=1S/C28H27FN6O4S/c1-3-30-23(36)16-34-25(37)24-18(2)26(35-31-12-13-32-35)40-27(24)33(28(34)38)14-11-20-15-21(29)9-10-22(20)39-17-19-7-5-4-6-8-19/h4-10,12-13,15H,3,11,14,16-17H2,1-2H3,(H,30,36). The van der Waals surface area contributed by atoms with Gasteiger partial charge in [0.25, 0.3) is 5.56 Å². The zero-order valence-corrected chi connectivity index (χ0v) is 22.8. The highest BCUT2D eigenvalue weighted by Gasteiger charge is 2.23. The summed E-state index contributed by atoms with van der Waals surface area (Å²) in [6, 6.07) is 13.9. The quantitative estimate of drug-likeness (QED) is 0.280. The molecule has 0 bridgehead atoms. The Labute approximate surface area is 232 Å². The molecule has 3 aromatic heterocycles. The van der Waals surface area contributed by atoms with Gasteiger partial charge in [0, 0.05) is 18.7 Å². The second kappa shape index (κ2) is 11.7. The number of carbonyl (C=O) groups is 1. The SMILES string of the molecule is CCNC(=O)Cn1c(=O)c2c(C)c(-n3nccn3)sc2n(CCc2cc(F)ccc2OCc2ccccc2)c1=O. The molecule has 0 aliphatic heterocycles. The fourth-order valence-electron chi connectivity index (χ4n) is 4.48. The molecule has 0 spiro atoms. The van der Waals surface area contributed by atoms with Crippen LogP contribution < -0.4 is 21.3 Å². The van der Waals surface area contributed by atoms with Crippen LogP contribution in [-0.4, -0.2) is 36.6 Å². The van der Waals surface area contributed by atoms with E-state index in [0.29, 0.717) is 45.2 Å². The van der Waals surface area contributed by atoms with Gasteiger partial charge in [-0.2, -0.15) is 10.2 Å². The molecule has 1 N–H and O–H groups in total. The van der Waals surface area contributed by atoms with E-state index in [1.165, 1.54) is 45.2 Å². The van der Waals surface area contributed by atoms with Crippen molar-refractivity contribution in [2.24, 2.45) is 0 Å². The third kappa shape index (κ3) is 5.43. The summed E-state index contributed by atoms with van der Waals surface area (Å²) in [7, 11) is 0. The lowest BCUT2D eigenvalue weighted by Gasteiger charge is -2.15. The lowest BCUT2D eigenvalue weighted by atomic mass is 10.1. The van der Waals surface area contributed by atoms with Gasteiger partial charge >= 0.3 is 5.69 Å². The van der Waals surface area contributed by atoms with E-state index >= 15 is 0 Å². The smallest absolute Gasteiger partial charge is 0.332 e. The van der Waals surface area contributed by atoms with Gasteiger partial charge in [-0.1, -0.05) is 41.7 Å². The largest absolute Gasteiger partial charge is 0.489 e. The maximum Gasteiger partial charge on any atom is 0.332 e. The summed E-state index contributed by atoms with van der Waals surface area (Å²) in [6.45, 7) is 3.87. The van der Waals surface area contributed by atoms with Crippen LogP contribution >= 0.6 is 11.3 Å². The van der Waals surface area contributed by atoms with E-state index < -0.39 is 29.5 Å². The average Bonchev–Trinajstić information content (AvgIpc) is 3.59. The van der Waals surface area contributed by atoms with Crippen molar-refractivity contribution in [3.63, 3.8) is 0 Å². The van der Waals surface area contributed by atoms with Crippen molar-refractivity contribution in [3.05, 3.63) is 104 Å². The van der Waals surface area contributed by atoms with Crippen LogP contribution in [-0.2, 0) is 30.9 Å². The molecule has 206 valence electrons. The number of nitrogens with one attached hydrogen (secondary N) is 1. The van der Waals surface area contributed by atoms with Crippen LogP contribution in [0.5, 0.6) is 5.75 Å². The minimum Gasteiger partial charge on any atom is -0.489 e. The van der Waals surface area contributed by atoms with E-state index in [2.05, 4.69) is 15.5 Å². The van der Waals surface area contributed by atoms with E-state index in [4.69, 9.17) is 4.74 Å². The van der Waals surface area contributed by atoms with Crippen molar-refractivity contribution in [1.82, 2.24) is 29.4 Å². The number of likely N-dealkylation sites (N-methyl/N-ethyl adjacent to an activating group) is 1. The topological polar surface area (TPSA) is 113 Å². The molecular formula is C28H27FN6O4S. The number of aryl methyl sites for hydroxylation is 3. The van der Waals surface area contributed by atoms with Gasteiger partial charge < -0.3 is 10.1 Å². The minimum atomic E-state index is -0.631. The summed E-state index contributed by atoms with van der Waals surface area (Å²) in [5.41, 5.74) is 0.930. The molecule has 0 atom stereocenters. The maximum absolute atomic E-state index is 14.3. The summed E-state index contributed by atoms with van der Waals surface area (Å²) in [5, 5.41) is 11.9. The monoisotopic (exact) mass is 562 g/mol. The number of nitrogens with zero attached hydrogens (tertiary/aromatic N) is 5. The Bertz CT molecular complexity index is 1780. The lowest BCUT2D eigenvalue weighted by Crippen LogP contribution is -2.43. The number of rotatable bonds is 10. The van der Waals surface area contributed by atoms with Crippen LogP contribution in [0.1, 0.15) is 23.6 Å². The molecule has 0 aliphatic rings. The Morgan fingerprint density at radius 2 is 1.82 bits per heavy atom. The molecule has 2 aromatic carbocycles. The van der Waals surface area contributed by atoms with E-state index in [9.17, 15) is 18.8 Å². The predicted molar refractivity (Wildman–Crippen MR) is 150 cm³/mol. The molecular weight excluding hydrogens is 535 g/mol. The zero-order chi connectivity index (χ0) is 28.2. The first-order valence-corrected chi connectivity index (χ1v) is 13.5. The van der Waals surface area contributed by atoms with Crippen molar-refractivity contribution in [3.8, 4) is 10.8 Å². The Hall–Kier alpha value is -4.58. The molecule has 0 fully saturated rings. The van der Waals surface area contributed by atoms with Crippen molar-refractivity contribution in [2.75, 3.05) is 6.54 Å². The number of thiophene rings is 1. The summed E-state index contributed by atoms with van der Waals surface area (Å²) in [6.07, 6.45) is 3.28. The van der Waals surface area contributed by atoms with Crippen LogP contribution in [0.25, 0.3) is 15.2 Å². The predicted octanol–water partition coefficient (Wildman–Crippen LogP) is 3.21. The lowest BCUT2D eigenvalue weighted by molar-refractivity contribution is -0.121. The molecule has 5 rings (SSSR count). The van der Waals surface area contributed by atoms with Gasteiger partial charge in [-0.05, 0) is 49.6 Å².